The molecule has 0 radical (unpaired) electrons. The van der Waals surface area contributed by atoms with E-state index in [2.05, 4.69) is 5.32 Å². The molecule has 126 valence electrons. The van der Waals surface area contributed by atoms with Crippen molar-refractivity contribution in [3.63, 3.8) is 0 Å². The zero-order valence-corrected chi connectivity index (χ0v) is 13.7. The van der Waals surface area contributed by atoms with E-state index in [1.54, 1.807) is 0 Å². The summed E-state index contributed by atoms with van der Waals surface area (Å²) in [6.07, 6.45) is -1.24. The summed E-state index contributed by atoms with van der Waals surface area (Å²) in [5.74, 6) is 0.540. The minimum Gasteiger partial charge on any atom is -0.483 e. The Hall–Kier alpha value is -1.63. The van der Waals surface area contributed by atoms with Crippen LogP contribution in [0.15, 0.2) is 12.1 Å². The van der Waals surface area contributed by atoms with Gasteiger partial charge in [-0.1, -0.05) is 12.1 Å². The van der Waals surface area contributed by atoms with Gasteiger partial charge < -0.3 is 24.6 Å². The summed E-state index contributed by atoms with van der Waals surface area (Å²) in [4.78, 5) is 12.1. The molecule has 0 bridgehead atoms. The number of ether oxygens (including phenoxy) is 3. The van der Waals surface area contributed by atoms with Gasteiger partial charge in [0, 0.05) is 0 Å². The quantitative estimate of drug-likeness (QED) is 0.851. The largest absolute Gasteiger partial charge is 0.483 e. The van der Waals surface area contributed by atoms with E-state index < -0.39 is 6.10 Å². The molecular formula is C17H23NO5. The summed E-state index contributed by atoms with van der Waals surface area (Å²) >= 11 is 0. The van der Waals surface area contributed by atoms with Crippen molar-refractivity contribution in [2.24, 2.45) is 0 Å². The van der Waals surface area contributed by atoms with E-state index in [1.165, 1.54) is 0 Å². The molecule has 0 saturated carbocycles. The second-order valence-corrected chi connectivity index (χ2v) is 6.28. The lowest BCUT2D eigenvalue weighted by atomic mass is 10.1. The maximum atomic E-state index is 12.1. The number of amides is 1. The molecule has 3 rings (SSSR count). The van der Waals surface area contributed by atoms with Gasteiger partial charge in [0.25, 0.3) is 5.91 Å². The van der Waals surface area contributed by atoms with Crippen LogP contribution in [0.5, 0.6) is 5.75 Å². The zero-order chi connectivity index (χ0) is 16.6. The highest BCUT2D eigenvalue weighted by Gasteiger charge is 2.47. The van der Waals surface area contributed by atoms with E-state index in [9.17, 15) is 9.90 Å². The fraction of sp³-hybridized carbons (Fsp3) is 0.588. The standard InChI is InChI=1S/C17H23NO5/c1-9-4-5-10(2)15(11(9)3)23-8-14(20)18-12-6-21-17-13(19)7-22-16(12)17/h4-5,12-13,16-17,19H,6-8H2,1-3H3,(H,18,20)/t12-,13+,16+,17+/m0/s1. The number of aliphatic hydroxyl groups is 1. The Morgan fingerprint density at radius 1 is 1.22 bits per heavy atom. The topological polar surface area (TPSA) is 77.0 Å². The normalized spacial score (nSPS) is 29.4. The fourth-order valence-corrected chi connectivity index (χ4v) is 3.14. The molecule has 1 aromatic rings. The van der Waals surface area contributed by atoms with Crippen molar-refractivity contribution in [1.29, 1.82) is 0 Å². The minimum absolute atomic E-state index is 0.0540. The Kier molecular flexibility index (Phi) is 4.57. The van der Waals surface area contributed by atoms with Crippen molar-refractivity contribution in [2.75, 3.05) is 19.8 Å². The number of nitrogens with one attached hydrogen (secondary N) is 1. The van der Waals surface area contributed by atoms with E-state index >= 15 is 0 Å². The molecule has 2 heterocycles. The molecule has 1 aromatic carbocycles. The number of benzene rings is 1. The monoisotopic (exact) mass is 321 g/mol. The van der Waals surface area contributed by atoms with Crippen molar-refractivity contribution in [2.45, 2.75) is 45.1 Å². The van der Waals surface area contributed by atoms with Crippen LogP contribution in [0.4, 0.5) is 0 Å². The van der Waals surface area contributed by atoms with Gasteiger partial charge in [0.2, 0.25) is 0 Å². The Morgan fingerprint density at radius 3 is 2.70 bits per heavy atom. The number of hydrogen-bond acceptors (Lipinski definition) is 5. The van der Waals surface area contributed by atoms with E-state index in [0.29, 0.717) is 6.61 Å². The van der Waals surface area contributed by atoms with Gasteiger partial charge in [0.05, 0.1) is 19.3 Å². The van der Waals surface area contributed by atoms with E-state index in [4.69, 9.17) is 14.2 Å². The number of fused-ring (bicyclic) bond motifs is 1. The van der Waals surface area contributed by atoms with Crippen LogP contribution in [0.25, 0.3) is 0 Å². The highest BCUT2D eigenvalue weighted by Crippen LogP contribution is 2.27. The van der Waals surface area contributed by atoms with Gasteiger partial charge in [-0.25, -0.2) is 0 Å². The van der Waals surface area contributed by atoms with Crippen molar-refractivity contribution in [3.05, 3.63) is 28.8 Å². The summed E-state index contributed by atoms with van der Waals surface area (Å²) in [5.41, 5.74) is 3.18. The molecule has 2 fully saturated rings. The second-order valence-electron chi connectivity index (χ2n) is 6.28. The molecule has 2 saturated heterocycles. The number of aryl methyl sites for hydroxylation is 2. The first-order valence-corrected chi connectivity index (χ1v) is 7.87. The zero-order valence-electron chi connectivity index (χ0n) is 13.7. The fourth-order valence-electron chi connectivity index (χ4n) is 3.14. The first-order valence-electron chi connectivity index (χ1n) is 7.87. The Morgan fingerprint density at radius 2 is 1.91 bits per heavy atom. The van der Waals surface area contributed by atoms with Crippen molar-refractivity contribution >= 4 is 5.91 Å². The summed E-state index contributed by atoms with van der Waals surface area (Å²) < 4.78 is 16.7. The first kappa shape index (κ1) is 16.2. The van der Waals surface area contributed by atoms with Crippen molar-refractivity contribution in [1.82, 2.24) is 5.32 Å². The van der Waals surface area contributed by atoms with E-state index in [1.807, 2.05) is 32.9 Å². The van der Waals surface area contributed by atoms with Gasteiger partial charge in [0.15, 0.2) is 6.61 Å². The molecule has 2 N–H and O–H groups in total. The molecule has 0 unspecified atom stereocenters. The Labute approximate surface area is 135 Å². The summed E-state index contributed by atoms with van der Waals surface area (Å²) in [6.45, 7) is 6.50. The summed E-state index contributed by atoms with van der Waals surface area (Å²) in [7, 11) is 0. The third-order valence-corrected chi connectivity index (χ3v) is 4.59. The minimum atomic E-state index is -0.615. The lowest BCUT2D eigenvalue weighted by Crippen LogP contribution is -2.45. The third-order valence-electron chi connectivity index (χ3n) is 4.59. The molecule has 0 spiro atoms. The lowest BCUT2D eigenvalue weighted by molar-refractivity contribution is -0.124. The molecule has 4 atom stereocenters. The highest BCUT2D eigenvalue weighted by atomic mass is 16.6. The molecule has 0 aromatic heterocycles. The van der Waals surface area contributed by atoms with Crippen LogP contribution in [0.1, 0.15) is 16.7 Å². The number of carbonyl (C=O) groups is 1. The number of carbonyl (C=O) groups excluding carboxylic acids is 1. The van der Waals surface area contributed by atoms with Crippen LogP contribution in [0.3, 0.4) is 0 Å². The van der Waals surface area contributed by atoms with Crippen LogP contribution in [0, 0.1) is 20.8 Å². The summed E-state index contributed by atoms with van der Waals surface area (Å²) in [6, 6.07) is 3.78. The average Bonchev–Trinajstić information content (AvgIpc) is 3.07. The van der Waals surface area contributed by atoms with Gasteiger partial charge in [-0.2, -0.15) is 0 Å². The van der Waals surface area contributed by atoms with Gasteiger partial charge >= 0.3 is 0 Å². The number of aliphatic hydroxyl groups excluding tert-OH is 1. The second kappa shape index (κ2) is 6.47. The van der Waals surface area contributed by atoms with Crippen LogP contribution in [-0.4, -0.2) is 55.2 Å². The molecule has 6 nitrogen and oxygen atoms in total. The van der Waals surface area contributed by atoms with Crippen LogP contribution < -0.4 is 10.1 Å². The molecular weight excluding hydrogens is 298 g/mol. The predicted molar refractivity (Wildman–Crippen MR) is 83.6 cm³/mol. The predicted octanol–water partition coefficient (Wildman–Crippen LogP) is 0.634. The van der Waals surface area contributed by atoms with Crippen molar-refractivity contribution in [3.8, 4) is 5.75 Å². The smallest absolute Gasteiger partial charge is 0.258 e. The average molecular weight is 321 g/mol. The maximum absolute atomic E-state index is 12.1. The molecule has 2 aliphatic rings. The van der Waals surface area contributed by atoms with Gasteiger partial charge in [0.1, 0.15) is 24.1 Å². The molecule has 1 amide bonds. The van der Waals surface area contributed by atoms with Crippen LogP contribution in [-0.2, 0) is 14.3 Å². The lowest BCUT2D eigenvalue weighted by Gasteiger charge is -2.18. The van der Waals surface area contributed by atoms with Gasteiger partial charge in [-0.3, -0.25) is 4.79 Å². The Bertz CT molecular complexity index is 603. The van der Waals surface area contributed by atoms with E-state index in [0.717, 1.165) is 22.4 Å². The van der Waals surface area contributed by atoms with E-state index in [-0.39, 0.29) is 37.4 Å². The summed E-state index contributed by atoms with van der Waals surface area (Å²) in [5, 5.41) is 12.6. The third kappa shape index (κ3) is 3.20. The molecule has 6 heteroatoms. The molecule has 0 aliphatic carbocycles. The van der Waals surface area contributed by atoms with Crippen LogP contribution >= 0.6 is 0 Å². The van der Waals surface area contributed by atoms with Crippen molar-refractivity contribution < 1.29 is 24.1 Å². The SMILES string of the molecule is Cc1ccc(C)c(OCC(=O)N[C@H]2CO[C@H]3[C@@H]2OC[C@H]3O)c1C. The van der Waals surface area contributed by atoms with Gasteiger partial charge in [-0.05, 0) is 37.5 Å². The van der Waals surface area contributed by atoms with Crippen LogP contribution in [0.2, 0.25) is 0 Å². The number of rotatable bonds is 4. The molecule has 2 aliphatic heterocycles. The highest BCUT2D eigenvalue weighted by molar-refractivity contribution is 5.78. The molecule has 23 heavy (non-hydrogen) atoms. The maximum Gasteiger partial charge on any atom is 0.258 e. The van der Waals surface area contributed by atoms with Gasteiger partial charge in [-0.15, -0.1) is 0 Å². The Balaban J connectivity index is 1.56. The number of hydrogen-bond donors (Lipinski definition) is 2. The first-order chi connectivity index (χ1) is 11.0.